The Hall–Kier alpha value is -0.940. The van der Waals surface area contributed by atoms with Crippen LogP contribution in [0.1, 0.15) is 50.2 Å². The topological polar surface area (TPSA) is 53.4 Å². The van der Waals surface area contributed by atoms with Gasteiger partial charge >= 0.3 is 5.97 Å². The molecule has 0 radical (unpaired) electrons. The Morgan fingerprint density at radius 2 is 2.35 bits per heavy atom. The fourth-order valence-electron chi connectivity index (χ4n) is 2.62. The van der Waals surface area contributed by atoms with Crippen molar-refractivity contribution in [1.29, 1.82) is 0 Å². The van der Waals surface area contributed by atoms with E-state index in [2.05, 4.69) is 29.1 Å². The van der Waals surface area contributed by atoms with Crippen molar-refractivity contribution >= 4 is 17.3 Å². The first-order valence-electron chi connectivity index (χ1n) is 7.46. The summed E-state index contributed by atoms with van der Waals surface area (Å²) >= 11 is 1.70. The van der Waals surface area contributed by atoms with Gasteiger partial charge < -0.3 is 5.11 Å². The molecule has 0 aromatic carbocycles. The second kappa shape index (κ2) is 7.18. The molecule has 1 aliphatic rings. The summed E-state index contributed by atoms with van der Waals surface area (Å²) in [7, 11) is 0. The van der Waals surface area contributed by atoms with Gasteiger partial charge in [0, 0.05) is 11.9 Å². The van der Waals surface area contributed by atoms with Crippen LogP contribution in [0.4, 0.5) is 0 Å². The third-order valence-corrected chi connectivity index (χ3v) is 4.76. The highest BCUT2D eigenvalue weighted by Crippen LogP contribution is 2.21. The Morgan fingerprint density at radius 1 is 1.55 bits per heavy atom. The summed E-state index contributed by atoms with van der Waals surface area (Å²) in [6.07, 6.45) is 5.07. The molecule has 1 unspecified atom stereocenters. The molecule has 5 heteroatoms. The fraction of sp³-hybridized carbons (Fsp3) is 0.733. The number of carboxylic acid groups (broad SMARTS) is 1. The van der Waals surface area contributed by atoms with Crippen molar-refractivity contribution in [2.45, 2.75) is 58.5 Å². The molecule has 20 heavy (non-hydrogen) atoms. The van der Waals surface area contributed by atoms with E-state index in [4.69, 9.17) is 0 Å². The number of aryl methyl sites for hydroxylation is 1. The molecule has 1 atom stereocenters. The number of aromatic nitrogens is 1. The smallest absolute Gasteiger partial charge is 0.320 e. The van der Waals surface area contributed by atoms with Crippen LogP contribution in [0.5, 0.6) is 0 Å². The van der Waals surface area contributed by atoms with Crippen LogP contribution in [-0.4, -0.2) is 33.5 Å². The molecule has 1 N–H and O–H groups in total. The molecule has 1 fully saturated rings. The summed E-state index contributed by atoms with van der Waals surface area (Å²) in [6, 6.07) is -0.329. The summed E-state index contributed by atoms with van der Waals surface area (Å²) in [5.74, 6) is 0.000737. The van der Waals surface area contributed by atoms with Crippen LogP contribution >= 0.6 is 11.3 Å². The lowest BCUT2D eigenvalue weighted by atomic mass is 10.0. The lowest BCUT2D eigenvalue weighted by Gasteiger charge is -2.32. The van der Waals surface area contributed by atoms with Crippen molar-refractivity contribution < 1.29 is 9.90 Å². The van der Waals surface area contributed by atoms with Gasteiger partial charge in [0.25, 0.3) is 0 Å². The Bertz CT molecular complexity index is 445. The number of rotatable bonds is 6. The fourth-order valence-corrected chi connectivity index (χ4v) is 3.42. The SMILES string of the molecule is CC(C)CCc1nc(CN2CCCCC2C(=O)O)cs1. The number of nitrogens with zero attached hydrogens (tertiary/aromatic N) is 2. The minimum atomic E-state index is -0.694. The van der Waals surface area contributed by atoms with Crippen LogP contribution in [-0.2, 0) is 17.8 Å². The van der Waals surface area contributed by atoms with E-state index in [1.807, 2.05) is 0 Å². The van der Waals surface area contributed by atoms with Crippen molar-refractivity contribution in [2.24, 2.45) is 5.92 Å². The van der Waals surface area contributed by atoms with Crippen LogP contribution in [0.15, 0.2) is 5.38 Å². The second-order valence-electron chi connectivity index (χ2n) is 5.99. The van der Waals surface area contributed by atoms with Crippen LogP contribution in [0.2, 0.25) is 0 Å². The molecular weight excluding hydrogens is 272 g/mol. The number of hydrogen-bond acceptors (Lipinski definition) is 4. The van der Waals surface area contributed by atoms with E-state index < -0.39 is 5.97 Å². The molecule has 0 spiro atoms. The molecule has 0 aliphatic carbocycles. The average molecular weight is 296 g/mol. The molecule has 0 saturated carbocycles. The molecule has 1 aliphatic heterocycles. The molecule has 4 nitrogen and oxygen atoms in total. The normalized spacial score (nSPS) is 20.4. The van der Waals surface area contributed by atoms with E-state index in [1.165, 1.54) is 5.01 Å². The quantitative estimate of drug-likeness (QED) is 0.876. The van der Waals surface area contributed by atoms with Gasteiger partial charge in [0.2, 0.25) is 0 Å². The van der Waals surface area contributed by atoms with Crippen molar-refractivity contribution in [1.82, 2.24) is 9.88 Å². The highest BCUT2D eigenvalue weighted by molar-refractivity contribution is 7.09. The van der Waals surface area contributed by atoms with Gasteiger partial charge in [-0.1, -0.05) is 20.3 Å². The third-order valence-electron chi connectivity index (χ3n) is 3.80. The zero-order chi connectivity index (χ0) is 14.5. The molecule has 2 rings (SSSR count). The largest absolute Gasteiger partial charge is 0.480 e. The summed E-state index contributed by atoms with van der Waals surface area (Å²) in [5, 5.41) is 12.5. The molecule has 1 saturated heterocycles. The minimum absolute atomic E-state index is 0.329. The number of carbonyl (C=O) groups is 1. The van der Waals surface area contributed by atoms with Crippen molar-refractivity contribution in [3.8, 4) is 0 Å². The Morgan fingerprint density at radius 3 is 3.05 bits per heavy atom. The number of aliphatic carboxylic acids is 1. The first-order chi connectivity index (χ1) is 9.56. The number of likely N-dealkylation sites (tertiary alicyclic amines) is 1. The maximum absolute atomic E-state index is 11.3. The molecule has 0 amide bonds. The second-order valence-corrected chi connectivity index (χ2v) is 6.93. The van der Waals surface area contributed by atoms with E-state index in [0.29, 0.717) is 12.5 Å². The van der Waals surface area contributed by atoms with E-state index >= 15 is 0 Å². The Balaban J connectivity index is 1.93. The van der Waals surface area contributed by atoms with Crippen LogP contribution in [0.25, 0.3) is 0 Å². The van der Waals surface area contributed by atoms with Crippen molar-refractivity contribution in [3.63, 3.8) is 0 Å². The highest BCUT2D eigenvalue weighted by Gasteiger charge is 2.28. The molecule has 2 heterocycles. The van der Waals surface area contributed by atoms with Crippen LogP contribution < -0.4 is 0 Å². The number of piperidine rings is 1. The van der Waals surface area contributed by atoms with E-state index in [0.717, 1.165) is 44.3 Å². The zero-order valence-electron chi connectivity index (χ0n) is 12.3. The number of hydrogen-bond donors (Lipinski definition) is 1. The summed E-state index contributed by atoms with van der Waals surface area (Å²) in [6.45, 7) is 5.99. The molecule has 0 bridgehead atoms. The van der Waals surface area contributed by atoms with Crippen LogP contribution in [0, 0.1) is 5.92 Å². The predicted molar refractivity (Wildman–Crippen MR) is 81.0 cm³/mol. The molecular formula is C15H24N2O2S. The molecule has 112 valence electrons. The first-order valence-corrected chi connectivity index (χ1v) is 8.34. The van der Waals surface area contributed by atoms with Gasteiger partial charge in [0.1, 0.15) is 6.04 Å². The zero-order valence-corrected chi connectivity index (χ0v) is 13.2. The average Bonchev–Trinajstić information content (AvgIpc) is 2.84. The predicted octanol–water partition coefficient (Wildman–Crippen LogP) is 3.17. The van der Waals surface area contributed by atoms with Gasteiger partial charge in [0.15, 0.2) is 0 Å². The Kier molecular flexibility index (Phi) is 5.54. The maximum atomic E-state index is 11.3. The summed E-state index contributed by atoms with van der Waals surface area (Å²) in [4.78, 5) is 18.0. The van der Waals surface area contributed by atoms with Crippen molar-refractivity contribution in [3.05, 3.63) is 16.1 Å². The van der Waals surface area contributed by atoms with Gasteiger partial charge in [-0.15, -0.1) is 11.3 Å². The lowest BCUT2D eigenvalue weighted by molar-refractivity contribution is -0.144. The van der Waals surface area contributed by atoms with E-state index in [-0.39, 0.29) is 6.04 Å². The van der Waals surface area contributed by atoms with Crippen molar-refractivity contribution in [2.75, 3.05) is 6.54 Å². The summed E-state index contributed by atoms with van der Waals surface area (Å²) in [5.41, 5.74) is 1.03. The first kappa shape index (κ1) is 15.4. The van der Waals surface area contributed by atoms with Gasteiger partial charge in [-0.05, 0) is 38.1 Å². The summed E-state index contributed by atoms with van der Waals surface area (Å²) < 4.78 is 0. The monoisotopic (exact) mass is 296 g/mol. The Labute approximate surface area is 124 Å². The lowest BCUT2D eigenvalue weighted by Crippen LogP contribution is -2.44. The van der Waals surface area contributed by atoms with Gasteiger partial charge in [-0.3, -0.25) is 9.69 Å². The van der Waals surface area contributed by atoms with E-state index in [1.54, 1.807) is 11.3 Å². The van der Waals surface area contributed by atoms with Crippen LogP contribution in [0.3, 0.4) is 0 Å². The highest BCUT2D eigenvalue weighted by atomic mass is 32.1. The maximum Gasteiger partial charge on any atom is 0.320 e. The van der Waals surface area contributed by atoms with E-state index in [9.17, 15) is 9.90 Å². The minimum Gasteiger partial charge on any atom is -0.480 e. The number of carboxylic acids is 1. The number of thiazole rings is 1. The third kappa shape index (κ3) is 4.28. The van der Waals surface area contributed by atoms with Gasteiger partial charge in [-0.25, -0.2) is 4.98 Å². The molecule has 1 aromatic rings. The van der Waals surface area contributed by atoms with Gasteiger partial charge in [-0.2, -0.15) is 0 Å². The molecule has 1 aromatic heterocycles. The van der Waals surface area contributed by atoms with Gasteiger partial charge in [0.05, 0.1) is 10.7 Å². The standard InChI is InChI=1S/C15H24N2O2S/c1-11(2)6-7-14-16-12(10-20-14)9-17-8-4-3-5-13(17)15(18)19/h10-11,13H,3-9H2,1-2H3,(H,18,19).